The van der Waals surface area contributed by atoms with Crippen LogP contribution < -0.4 is 5.73 Å². The number of nitrogens with two attached hydrogens (primary N) is 1. The first-order chi connectivity index (χ1) is 11.0. The number of likely N-dealkylation sites (tertiary alicyclic amines) is 1. The number of benzene rings is 1. The van der Waals surface area contributed by atoms with Gasteiger partial charge in [0.05, 0.1) is 5.25 Å². The van der Waals surface area contributed by atoms with Crippen LogP contribution in [0.3, 0.4) is 0 Å². The fraction of sp³-hybridized carbons (Fsp3) is 0.556. The molecule has 2 amide bonds. The van der Waals surface area contributed by atoms with Gasteiger partial charge in [-0.1, -0.05) is 44.2 Å². The van der Waals surface area contributed by atoms with Crippen LogP contribution in [0.1, 0.15) is 32.3 Å². The molecule has 1 saturated heterocycles. The van der Waals surface area contributed by atoms with Crippen molar-refractivity contribution >= 4 is 23.6 Å². The smallest absolute Gasteiger partial charge is 0.235 e. The SMILES string of the molecule is CC(C)C(SCc1ccccc1)C(=O)N1CCC(C(N)=O)CC1. The summed E-state index contributed by atoms with van der Waals surface area (Å²) >= 11 is 1.71. The molecule has 0 saturated carbocycles. The van der Waals surface area contributed by atoms with Gasteiger partial charge in [-0.2, -0.15) is 0 Å². The first-order valence-corrected chi connectivity index (χ1v) is 9.27. The average Bonchev–Trinajstić information content (AvgIpc) is 2.55. The van der Waals surface area contributed by atoms with Crippen LogP contribution in [0, 0.1) is 11.8 Å². The summed E-state index contributed by atoms with van der Waals surface area (Å²) in [7, 11) is 0. The molecule has 1 aromatic carbocycles. The molecule has 1 fully saturated rings. The van der Waals surface area contributed by atoms with Gasteiger partial charge >= 0.3 is 0 Å². The lowest BCUT2D eigenvalue weighted by molar-refractivity contribution is -0.135. The van der Waals surface area contributed by atoms with Crippen molar-refractivity contribution in [2.75, 3.05) is 13.1 Å². The summed E-state index contributed by atoms with van der Waals surface area (Å²) in [6, 6.07) is 10.2. The van der Waals surface area contributed by atoms with Crippen molar-refractivity contribution < 1.29 is 9.59 Å². The summed E-state index contributed by atoms with van der Waals surface area (Å²) < 4.78 is 0. The van der Waals surface area contributed by atoms with Gasteiger partial charge in [-0.3, -0.25) is 9.59 Å². The number of hydrogen-bond acceptors (Lipinski definition) is 3. The summed E-state index contributed by atoms with van der Waals surface area (Å²) in [4.78, 5) is 26.0. The molecule has 1 aliphatic heterocycles. The molecule has 0 aromatic heterocycles. The van der Waals surface area contributed by atoms with E-state index in [2.05, 4.69) is 26.0 Å². The third kappa shape index (κ3) is 4.99. The van der Waals surface area contributed by atoms with Gasteiger partial charge in [0, 0.05) is 24.8 Å². The highest BCUT2D eigenvalue weighted by Gasteiger charge is 2.31. The molecule has 2 rings (SSSR count). The van der Waals surface area contributed by atoms with Crippen molar-refractivity contribution in [2.24, 2.45) is 17.6 Å². The van der Waals surface area contributed by atoms with Crippen molar-refractivity contribution in [3.05, 3.63) is 35.9 Å². The highest BCUT2D eigenvalue weighted by molar-refractivity contribution is 7.99. The van der Waals surface area contributed by atoms with Crippen molar-refractivity contribution in [1.29, 1.82) is 0 Å². The molecular formula is C18H26N2O2S. The molecule has 23 heavy (non-hydrogen) atoms. The van der Waals surface area contributed by atoms with Crippen molar-refractivity contribution in [1.82, 2.24) is 4.90 Å². The number of primary amides is 1. The number of hydrogen-bond donors (Lipinski definition) is 1. The lowest BCUT2D eigenvalue weighted by Crippen LogP contribution is -2.46. The molecule has 0 radical (unpaired) electrons. The number of amides is 2. The van der Waals surface area contributed by atoms with Crippen LogP contribution >= 0.6 is 11.8 Å². The van der Waals surface area contributed by atoms with Gasteiger partial charge in [0.15, 0.2) is 0 Å². The number of carbonyl (C=O) groups is 2. The zero-order valence-electron chi connectivity index (χ0n) is 13.9. The lowest BCUT2D eigenvalue weighted by Gasteiger charge is -2.34. The van der Waals surface area contributed by atoms with Crippen molar-refractivity contribution in [2.45, 2.75) is 37.7 Å². The standard InChI is InChI=1S/C18H26N2O2S/c1-13(2)16(23-12-14-6-4-3-5-7-14)18(22)20-10-8-15(9-11-20)17(19)21/h3-7,13,15-16H,8-12H2,1-2H3,(H2,19,21). The van der Waals surface area contributed by atoms with Gasteiger partial charge in [0.25, 0.3) is 0 Å². The highest BCUT2D eigenvalue weighted by atomic mass is 32.2. The molecule has 126 valence electrons. The van der Waals surface area contributed by atoms with Crippen LogP contribution in [0.25, 0.3) is 0 Å². The predicted octanol–water partition coefficient (Wildman–Crippen LogP) is 2.67. The molecule has 2 N–H and O–H groups in total. The first-order valence-electron chi connectivity index (χ1n) is 8.22. The zero-order valence-corrected chi connectivity index (χ0v) is 14.7. The van der Waals surface area contributed by atoms with Crippen molar-refractivity contribution in [3.63, 3.8) is 0 Å². The maximum atomic E-state index is 12.8. The topological polar surface area (TPSA) is 63.4 Å². The van der Waals surface area contributed by atoms with Gasteiger partial charge in [-0.05, 0) is 24.3 Å². The van der Waals surface area contributed by atoms with Crippen LogP contribution in [0.4, 0.5) is 0 Å². The Balaban J connectivity index is 1.92. The summed E-state index contributed by atoms with van der Waals surface area (Å²) in [6.07, 6.45) is 1.38. The van der Waals surface area contributed by atoms with Crippen molar-refractivity contribution in [3.8, 4) is 0 Å². The minimum absolute atomic E-state index is 0.0414. The molecule has 0 spiro atoms. The second-order valence-electron chi connectivity index (χ2n) is 6.46. The number of nitrogens with zero attached hydrogens (tertiary/aromatic N) is 1. The lowest BCUT2D eigenvalue weighted by atomic mass is 9.95. The molecule has 1 heterocycles. The Labute approximate surface area is 142 Å². The molecule has 4 nitrogen and oxygen atoms in total. The number of thioether (sulfide) groups is 1. The van der Waals surface area contributed by atoms with Gasteiger partial charge in [-0.15, -0.1) is 11.8 Å². The van der Waals surface area contributed by atoms with E-state index in [-0.39, 0.29) is 28.9 Å². The Morgan fingerprint density at radius 1 is 1.22 bits per heavy atom. The van der Waals surface area contributed by atoms with E-state index in [0.717, 1.165) is 5.75 Å². The van der Waals surface area contributed by atoms with E-state index < -0.39 is 0 Å². The summed E-state index contributed by atoms with van der Waals surface area (Å²) in [5.41, 5.74) is 6.60. The van der Waals surface area contributed by atoms with Gasteiger partial charge < -0.3 is 10.6 Å². The van der Waals surface area contributed by atoms with Crippen LogP contribution in [-0.2, 0) is 15.3 Å². The molecule has 1 aliphatic rings. The second-order valence-corrected chi connectivity index (χ2v) is 7.59. The van der Waals surface area contributed by atoms with Crippen LogP contribution in [0.5, 0.6) is 0 Å². The molecular weight excluding hydrogens is 308 g/mol. The summed E-state index contributed by atoms with van der Waals surface area (Å²) in [5.74, 6) is 1.01. The molecule has 0 aliphatic carbocycles. The molecule has 1 aromatic rings. The Bertz CT molecular complexity index is 525. The quantitative estimate of drug-likeness (QED) is 0.870. The fourth-order valence-corrected chi connectivity index (χ4v) is 4.11. The minimum atomic E-state index is -0.240. The normalized spacial score (nSPS) is 17.3. The van der Waals surface area contributed by atoms with Gasteiger partial charge in [0.2, 0.25) is 11.8 Å². The predicted molar refractivity (Wildman–Crippen MR) is 94.9 cm³/mol. The molecule has 1 unspecified atom stereocenters. The van der Waals surface area contributed by atoms with E-state index >= 15 is 0 Å². The third-order valence-electron chi connectivity index (χ3n) is 4.33. The van der Waals surface area contributed by atoms with Crippen LogP contribution in [0.15, 0.2) is 30.3 Å². The summed E-state index contributed by atoms with van der Waals surface area (Å²) in [6.45, 7) is 5.47. The maximum Gasteiger partial charge on any atom is 0.235 e. The van der Waals surface area contributed by atoms with E-state index in [1.807, 2.05) is 23.1 Å². The summed E-state index contributed by atoms with van der Waals surface area (Å²) in [5, 5.41) is -0.0414. The molecule has 1 atom stereocenters. The second kappa shape index (κ2) is 8.39. The van der Waals surface area contributed by atoms with Crippen LogP contribution in [0.2, 0.25) is 0 Å². The van der Waals surface area contributed by atoms with Crippen LogP contribution in [-0.4, -0.2) is 35.1 Å². The Morgan fingerprint density at radius 3 is 2.35 bits per heavy atom. The van der Waals surface area contributed by atoms with Gasteiger partial charge in [-0.25, -0.2) is 0 Å². The van der Waals surface area contributed by atoms with E-state index in [1.165, 1.54) is 5.56 Å². The zero-order chi connectivity index (χ0) is 16.8. The number of piperidine rings is 1. The minimum Gasteiger partial charge on any atom is -0.369 e. The maximum absolute atomic E-state index is 12.8. The van der Waals surface area contributed by atoms with E-state index in [9.17, 15) is 9.59 Å². The Morgan fingerprint density at radius 2 is 1.83 bits per heavy atom. The monoisotopic (exact) mass is 334 g/mol. The molecule has 0 bridgehead atoms. The first kappa shape index (κ1) is 17.9. The number of rotatable bonds is 6. The fourth-order valence-electron chi connectivity index (χ4n) is 2.87. The van der Waals surface area contributed by atoms with E-state index in [4.69, 9.17) is 5.73 Å². The van der Waals surface area contributed by atoms with E-state index in [1.54, 1.807) is 11.8 Å². The molecule has 5 heteroatoms. The Kier molecular flexibility index (Phi) is 6.51. The average molecular weight is 334 g/mol. The Hall–Kier alpha value is -1.49. The highest BCUT2D eigenvalue weighted by Crippen LogP contribution is 2.27. The van der Waals surface area contributed by atoms with E-state index in [0.29, 0.717) is 25.9 Å². The third-order valence-corrected chi connectivity index (χ3v) is 5.94. The largest absolute Gasteiger partial charge is 0.369 e. The van der Waals surface area contributed by atoms with Gasteiger partial charge in [0.1, 0.15) is 0 Å². The number of carbonyl (C=O) groups excluding carboxylic acids is 2.